The number of hydrogen-bond donors (Lipinski definition) is 2. The van der Waals surface area contributed by atoms with Crippen LogP contribution in [0.3, 0.4) is 0 Å². The lowest BCUT2D eigenvalue weighted by atomic mass is 10.0. The number of rotatable bonds is 3. The van der Waals surface area contributed by atoms with Crippen LogP contribution in [0.25, 0.3) is 0 Å². The predicted octanol–water partition coefficient (Wildman–Crippen LogP) is 0.596. The molecule has 1 fully saturated rings. The van der Waals surface area contributed by atoms with Gasteiger partial charge in [0.2, 0.25) is 5.91 Å². The third-order valence-corrected chi connectivity index (χ3v) is 3.92. The molecule has 22 heavy (non-hydrogen) atoms. The topological polar surface area (TPSA) is 99.8 Å². The van der Waals surface area contributed by atoms with Crippen molar-refractivity contribution >= 4 is 5.91 Å². The Kier molecular flexibility index (Phi) is 3.93. The second kappa shape index (κ2) is 5.88. The van der Waals surface area contributed by atoms with Gasteiger partial charge in [-0.3, -0.25) is 15.0 Å². The Balaban J connectivity index is 1.82. The second-order valence-electron chi connectivity index (χ2n) is 5.54. The molecular weight excluding hydrogens is 284 g/mol. The highest BCUT2D eigenvalue weighted by atomic mass is 16.5. The molecule has 2 aromatic rings. The van der Waals surface area contributed by atoms with Gasteiger partial charge in [0.05, 0.1) is 31.4 Å². The largest absolute Gasteiger partial charge is 0.377 e. The van der Waals surface area contributed by atoms with Gasteiger partial charge in [-0.05, 0) is 20.8 Å². The summed E-state index contributed by atoms with van der Waals surface area (Å²) in [5, 5.41) is 14.0. The number of aryl methyl sites for hydroxylation is 3. The number of hydrogen-bond acceptors (Lipinski definition) is 5. The summed E-state index contributed by atoms with van der Waals surface area (Å²) in [4.78, 5) is 18.7. The summed E-state index contributed by atoms with van der Waals surface area (Å²) in [7, 11) is 0. The number of nitrogens with zero attached hydrogens (tertiary/aromatic N) is 4. The zero-order valence-corrected chi connectivity index (χ0v) is 13.0. The lowest BCUT2D eigenvalue weighted by Crippen LogP contribution is -2.44. The summed E-state index contributed by atoms with van der Waals surface area (Å²) >= 11 is 0. The molecule has 0 bridgehead atoms. The molecule has 2 aromatic heterocycles. The van der Waals surface area contributed by atoms with E-state index in [4.69, 9.17) is 4.74 Å². The van der Waals surface area contributed by atoms with E-state index in [1.165, 1.54) is 0 Å². The average molecular weight is 304 g/mol. The molecule has 0 saturated carbocycles. The van der Waals surface area contributed by atoms with Crippen molar-refractivity contribution in [2.45, 2.75) is 33.2 Å². The number of aromatic nitrogens is 5. The van der Waals surface area contributed by atoms with Gasteiger partial charge in [-0.15, -0.1) is 0 Å². The molecule has 1 unspecified atom stereocenters. The van der Waals surface area contributed by atoms with Crippen LogP contribution in [0.4, 0.5) is 0 Å². The van der Waals surface area contributed by atoms with Crippen molar-refractivity contribution in [1.29, 1.82) is 0 Å². The Morgan fingerprint density at radius 2 is 2.14 bits per heavy atom. The monoisotopic (exact) mass is 304 g/mol. The number of ether oxygens (including phenoxy) is 1. The number of aromatic amines is 2. The molecule has 0 radical (unpaired) electrons. The van der Waals surface area contributed by atoms with Crippen LogP contribution in [0, 0.1) is 20.8 Å². The molecule has 1 aliphatic rings. The number of amides is 1. The van der Waals surface area contributed by atoms with Crippen LogP contribution in [0.1, 0.15) is 34.6 Å². The van der Waals surface area contributed by atoms with E-state index in [1.807, 2.05) is 25.7 Å². The van der Waals surface area contributed by atoms with Gasteiger partial charge in [0.15, 0.2) is 5.82 Å². The quantitative estimate of drug-likeness (QED) is 0.864. The fourth-order valence-corrected chi connectivity index (χ4v) is 2.90. The van der Waals surface area contributed by atoms with Gasteiger partial charge < -0.3 is 9.64 Å². The van der Waals surface area contributed by atoms with Gasteiger partial charge in [0, 0.05) is 17.8 Å². The van der Waals surface area contributed by atoms with E-state index in [9.17, 15) is 4.79 Å². The fraction of sp³-hybridized carbons (Fsp3) is 0.571. The first-order valence-electron chi connectivity index (χ1n) is 7.33. The molecule has 0 aliphatic carbocycles. The summed E-state index contributed by atoms with van der Waals surface area (Å²) in [6.45, 7) is 7.32. The van der Waals surface area contributed by atoms with Crippen LogP contribution >= 0.6 is 0 Å². The van der Waals surface area contributed by atoms with Crippen molar-refractivity contribution in [3.63, 3.8) is 0 Å². The molecule has 0 aromatic carbocycles. The molecule has 1 atom stereocenters. The first kappa shape index (κ1) is 14.7. The van der Waals surface area contributed by atoms with E-state index in [1.54, 1.807) is 0 Å². The summed E-state index contributed by atoms with van der Waals surface area (Å²) < 4.78 is 5.58. The molecule has 2 N–H and O–H groups in total. The Labute approximate surface area is 128 Å². The molecule has 8 heteroatoms. The van der Waals surface area contributed by atoms with Gasteiger partial charge in [-0.1, -0.05) is 0 Å². The molecule has 1 amide bonds. The normalized spacial score (nSPS) is 18.7. The molecule has 118 valence electrons. The third kappa shape index (κ3) is 2.74. The van der Waals surface area contributed by atoms with Crippen LogP contribution in [0.15, 0.2) is 0 Å². The third-order valence-electron chi connectivity index (χ3n) is 3.92. The van der Waals surface area contributed by atoms with Crippen molar-refractivity contribution in [1.82, 2.24) is 30.3 Å². The highest BCUT2D eigenvalue weighted by Crippen LogP contribution is 2.28. The Morgan fingerprint density at radius 3 is 2.77 bits per heavy atom. The van der Waals surface area contributed by atoms with E-state index in [0.29, 0.717) is 31.4 Å². The van der Waals surface area contributed by atoms with Crippen molar-refractivity contribution in [2.75, 3.05) is 19.8 Å². The van der Waals surface area contributed by atoms with E-state index >= 15 is 0 Å². The number of carbonyl (C=O) groups is 1. The molecule has 0 spiro atoms. The molecule has 8 nitrogen and oxygen atoms in total. The Hall–Kier alpha value is -2.22. The summed E-state index contributed by atoms with van der Waals surface area (Å²) in [6.07, 6.45) is 0.191. The van der Waals surface area contributed by atoms with E-state index < -0.39 is 0 Å². The maximum atomic E-state index is 12.7. The lowest BCUT2D eigenvalue weighted by Gasteiger charge is -2.35. The summed E-state index contributed by atoms with van der Waals surface area (Å²) in [5.41, 5.74) is 2.92. The minimum atomic E-state index is -0.111. The van der Waals surface area contributed by atoms with E-state index in [0.717, 1.165) is 17.0 Å². The van der Waals surface area contributed by atoms with Gasteiger partial charge in [0.1, 0.15) is 5.82 Å². The smallest absolute Gasteiger partial charge is 0.230 e. The van der Waals surface area contributed by atoms with Crippen molar-refractivity contribution < 1.29 is 9.53 Å². The van der Waals surface area contributed by atoms with Crippen LogP contribution < -0.4 is 0 Å². The second-order valence-corrected chi connectivity index (χ2v) is 5.54. The van der Waals surface area contributed by atoms with E-state index in [2.05, 4.69) is 25.4 Å². The van der Waals surface area contributed by atoms with Gasteiger partial charge in [-0.2, -0.15) is 10.2 Å². The van der Waals surface area contributed by atoms with Crippen LogP contribution in [-0.2, 0) is 16.0 Å². The number of H-pyrrole nitrogens is 2. The van der Waals surface area contributed by atoms with Crippen molar-refractivity contribution in [3.8, 4) is 0 Å². The minimum Gasteiger partial charge on any atom is -0.377 e. The summed E-state index contributed by atoms with van der Waals surface area (Å²) in [6, 6.07) is -0.111. The maximum Gasteiger partial charge on any atom is 0.230 e. The first-order chi connectivity index (χ1) is 10.6. The maximum absolute atomic E-state index is 12.7. The lowest BCUT2D eigenvalue weighted by molar-refractivity contribution is -0.139. The van der Waals surface area contributed by atoms with Crippen LogP contribution in [0.5, 0.6) is 0 Å². The predicted molar refractivity (Wildman–Crippen MR) is 78.2 cm³/mol. The highest BCUT2D eigenvalue weighted by molar-refractivity contribution is 5.78. The number of carbonyl (C=O) groups excluding carboxylic acids is 1. The standard InChI is InChI=1S/C14H20N6O2/c1-8-14(9(2)17-16-8)11-7-22-5-4-20(11)13(21)6-12-15-10(3)18-19-12/h11H,4-7H2,1-3H3,(H,16,17)(H,15,18,19). The van der Waals surface area contributed by atoms with Gasteiger partial charge in [0.25, 0.3) is 0 Å². The fourth-order valence-electron chi connectivity index (χ4n) is 2.90. The SMILES string of the molecule is Cc1nc(CC(=O)N2CCOCC2c2c(C)n[nH]c2C)n[nH]1. The average Bonchev–Trinajstić information content (AvgIpc) is 3.05. The zero-order chi connectivity index (χ0) is 15.7. The Bertz CT molecular complexity index is 657. The number of nitrogens with one attached hydrogen (secondary N) is 2. The van der Waals surface area contributed by atoms with Gasteiger partial charge >= 0.3 is 0 Å². The molecule has 1 aliphatic heterocycles. The van der Waals surface area contributed by atoms with E-state index in [-0.39, 0.29) is 18.4 Å². The Morgan fingerprint density at radius 1 is 1.32 bits per heavy atom. The minimum absolute atomic E-state index is 0.00676. The van der Waals surface area contributed by atoms with Crippen LogP contribution in [-0.4, -0.2) is 55.9 Å². The first-order valence-corrected chi connectivity index (χ1v) is 7.33. The van der Waals surface area contributed by atoms with Gasteiger partial charge in [-0.25, -0.2) is 4.98 Å². The number of morpholine rings is 1. The van der Waals surface area contributed by atoms with Crippen LogP contribution in [0.2, 0.25) is 0 Å². The molecule has 1 saturated heterocycles. The van der Waals surface area contributed by atoms with Crippen molar-refractivity contribution in [3.05, 3.63) is 28.6 Å². The summed E-state index contributed by atoms with van der Waals surface area (Å²) in [5.74, 6) is 1.24. The molecule has 3 rings (SSSR count). The van der Waals surface area contributed by atoms with Crippen molar-refractivity contribution in [2.24, 2.45) is 0 Å². The molecular formula is C14H20N6O2. The zero-order valence-electron chi connectivity index (χ0n) is 13.0. The molecule has 3 heterocycles. The highest BCUT2D eigenvalue weighted by Gasteiger charge is 2.32.